The molecule has 0 aliphatic heterocycles. The molecule has 0 aromatic rings. The Morgan fingerprint density at radius 3 is 0.828 bits per heavy atom. The van der Waals surface area contributed by atoms with Crippen molar-refractivity contribution in [3.63, 3.8) is 0 Å². The van der Waals surface area contributed by atoms with Gasteiger partial charge in [-0.1, -0.05) is 66.2 Å². The van der Waals surface area contributed by atoms with Crippen LogP contribution in [0.2, 0.25) is 0 Å². The van der Waals surface area contributed by atoms with E-state index in [1.807, 2.05) is 13.8 Å². The molecular weight excluding hydrogens is 1670 g/mol. The fourth-order valence-corrected chi connectivity index (χ4v) is 12.2. The molecule has 40 nitrogen and oxygen atoms in total. The number of hydrogen-bond acceptors (Lipinski definition) is 30. The molecule has 0 aliphatic carbocycles. The molecule has 0 heterocycles. The summed E-state index contributed by atoms with van der Waals surface area (Å²) >= 11 is 0. The van der Waals surface area contributed by atoms with Crippen molar-refractivity contribution in [3.05, 3.63) is 0 Å². The first kappa shape index (κ1) is 122. The number of nitrogens with one attached hydrogen (secondary N) is 8. The number of hydrogen-bond donors (Lipinski definition) is 12. The maximum atomic E-state index is 13.3. The summed E-state index contributed by atoms with van der Waals surface area (Å²) in [5.74, 6) is -6.61. The SMILES string of the molecule is COCCOCCOC(=O)CC(CCCCNC(=O)OCCOCCOC)C(=O)NCCCC(=O)OC(CCC(=O)NCCCCC(C)C(N)=O)CCC(=O)NCCCCC(C)C(N)=O.COCCOCCOC(=O)CC(CCCCNC(=O)OCCOCCOC)C(=O)NCCCC(=O)OC(CCCNCCCCC(C)C(N)=O)CCCNCCCCC(C)C(N)=O. The molecule has 40 heteroatoms. The predicted molar refractivity (Wildman–Crippen MR) is 477 cm³/mol. The van der Waals surface area contributed by atoms with Gasteiger partial charge < -0.3 is 132 Å². The summed E-state index contributed by atoms with van der Waals surface area (Å²) in [6.07, 6.45) is 13.8. The second-order valence-electron chi connectivity index (χ2n) is 31.6. The van der Waals surface area contributed by atoms with Crippen LogP contribution in [0.25, 0.3) is 0 Å². The molecule has 0 saturated carbocycles. The minimum Gasteiger partial charge on any atom is -0.463 e. The Hall–Kier alpha value is -8.22. The summed E-state index contributed by atoms with van der Waals surface area (Å²) in [6.45, 7) is 16.5. The van der Waals surface area contributed by atoms with Crippen LogP contribution in [0.3, 0.4) is 0 Å². The van der Waals surface area contributed by atoms with Crippen LogP contribution in [0.15, 0.2) is 0 Å². The van der Waals surface area contributed by atoms with E-state index in [9.17, 15) is 67.1 Å². The lowest BCUT2D eigenvalue weighted by atomic mass is 9.97. The van der Waals surface area contributed by atoms with Gasteiger partial charge in [0.1, 0.15) is 38.6 Å². The zero-order valence-corrected chi connectivity index (χ0v) is 78.4. The average molecular weight is 1840 g/mol. The van der Waals surface area contributed by atoms with Crippen LogP contribution in [0.5, 0.6) is 0 Å². The van der Waals surface area contributed by atoms with E-state index >= 15 is 0 Å². The molecule has 10 amide bonds. The first-order chi connectivity index (χ1) is 61.6. The number of esters is 4. The van der Waals surface area contributed by atoms with Crippen LogP contribution in [-0.2, 0) is 124 Å². The standard InChI is InChI=1S/C44H80N6O15.C44H84N6O13/c1-33(41(45)55)12-5-8-20-47-37(51)18-16-36(17-19-38(52)48-21-9-6-13-34(2)42(46)56)65-39(53)15-11-23-49-43(57)35(32-40(54)63-30-28-61-26-24-59-3)14-7-10-22-50-44(58)64-31-29-62-27-25-60-4;1-35(41(45)53)14-5-8-20-47-22-11-17-38(18-12-23-48-21-9-6-15-36(2)42(46)54)63-39(51)19-13-25-49-43(55)37(34-40(52)61-32-30-59-28-26-57-3)16-7-10-24-50-44(56)62-33-31-60-29-27-58-4/h33-36H,5-32H2,1-4H3,(H2,45,55)(H2,46,56)(H,47,51)(H,48,52)(H,49,57)(H,50,58);35-38,47-48H,5-34H2,1-4H3,(H2,45,53)(H2,46,54)(H,49,55)(H,50,56). The third kappa shape index (κ3) is 79.9. The van der Waals surface area contributed by atoms with Crippen LogP contribution in [0, 0.1) is 35.5 Å². The van der Waals surface area contributed by atoms with Crippen molar-refractivity contribution in [1.82, 2.24) is 42.5 Å². The van der Waals surface area contributed by atoms with Gasteiger partial charge in [-0.05, 0) is 155 Å². The Balaban J connectivity index is 0. The van der Waals surface area contributed by atoms with Gasteiger partial charge in [-0.3, -0.25) is 57.5 Å². The Labute approximate surface area is 759 Å². The largest absolute Gasteiger partial charge is 0.463 e. The molecule has 16 N–H and O–H groups in total. The Morgan fingerprint density at radius 1 is 0.250 bits per heavy atom. The van der Waals surface area contributed by atoms with Gasteiger partial charge in [-0.2, -0.15) is 0 Å². The van der Waals surface area contributed by atoms with Gasteiger partial charge in [0.05, 0.1) is 92.1 Å². The minimum absolute atomic E-state index is 0.0109. The van der Waals surface area contributed by atoms with Crippen molar-refractivity contribution < 1.29 is 133 Å². The highest BCUT2D eigenvalue weighted by Gasteiger charge is 2.26. The molecule has 128 heavy (non-hydrogen) atoms. The van der Waals surface area contributed by atoms with Crippen molar-refractivity contribution >= 4 is 83.3 Å². The smallest absolute Gasteiger partial charge is 0.407 e. The van der Waals surface area contributed by atoms with Crippen LogP contribution in [-0.4, -0.2) is 295 Å². The van der Waals surface area contributed by atoms with Gasteiger partial charge in [0.2, 0.25) is 47.3 Å². The molecule has 0 saturated heterocycles. The van der Waals surface area contributed by atoms with E-state index in [1.165, 1.54) is 0 Å². The Morgan fingerprint density at radius 2 is 0.516 bits per heavy atom. The van der Waals surface area contributed by atoms with Crippen molar-refractivity contribution in [3.8, 4) is 0 Å². The van der Waals surface area contributed by atoms with Gasteiger partial charge >= 0.3 is 36.1 Å². The number of methoxy groups -OCH3 is 4. The van der Waals surface area contributed by atoms with E-state index in [1.54, 1.807) is 42.3 Å². The number of alkyl carbamates (subject to hydrolysis) is 2. The summed E-state index contributed by atoms with van der Waals surface area (Å²) < 4.78 is 73.2. The van der Waals surface area contributed by atoms with Crippen LogP contribution < -0.4 is 65.5 Å². The van der Waals surface area contributed by atoms with E-state index in [0.29, 0.717) is 169 Å². The number of primary amides is 4. The third-order valence-electron chi connectivity index (χ3n) is 20.3. The van der Waals surface area contributed by atoms with E-state index < -0.39 is 53.9 Å². The molecule has 0 fully saturated rings. The number of nitrogens with two attached hydrogens (primary N) is 4. The van der Waals surface area contributed by atoms with Crippen LogP contribution in [0.4, 0.5) is 9.59 Å². The topological polar surface area (TPSA) is 569 Å². The number of carbonyl (C=O) groups is 14. The molecule has 6 atom stereocenters. The monoisotopic (exact) mass is 1840 g/mol. The Kier molecular flexibility index (Phi) is 82.6. The highest BCUT2D eigenvalue weighted by molar-refractivity contribution is 5.85. The highest BCUT2D eigenvalue weighted by atomic mass is 16.6. The molecule has 0 spiro atoms. The van der Waals surface area contributed by atoms with Gasteiger partial charge in [-0.15, -0.1) is 0 Å². The average Bonchev–Trinajstić information content (AvgIpc) is 0.916. The summed E-state index contributed by atoms with van der Waals surface area (Å²) in [7, 11) is 6.24. The fourth-order valence-electron chi connectivity index (χ4n) is 12.2. The fraction of sp³-hybridized carbons (Fsp3) is 0.841. The first-order valence-electron chi connectivity index (χ1n) is 46.1. The van der Waals surface area contributed by atoms with Crippen molar-refractivity contribution in [2.75, 3.05) is 200 Å². The lowest BCUT2D eigenvalue weighted by Gasteiger charge is -2.19. The van der Waals surface area contributed by atoms with Crippen LogP contribution >= 0.6 is 0 Å². The third-order valence-corrected chi connectivity index (χ3v) is 20.3. The quantitative estimate of drug-likeness (QED) is 0.0220. The zero-order valence-electron chi connectivity index (χ0n) is 78.4. The summed E-state index contributed by atoms with van der Waals surface area (Å²) in [5.41, 5.74) is 21.3. The van der Waals surface area contributed by atoms with E-state index in [2.05, 4.69) is 42.5 Å². The predicted octanol–water partition coefficient (Wildman–Crippen LogP) is 4.83. The van der Waals surface area contributed by atoms with Gasteiger partial charge in [0.25, 0.3) is 0 Å². The second kappa shape index (κ2) is 86.8. The molecule has 744 valence electrons. The van der Waals surface area contributed by atoms with Gasteiger partial charge in [0, 0.05) is 129 Å². The van der Waals surface area contributed by atoms with Crippen LogP contribution in [0.1, 0.15) is 233 Å². The maximum absolute atomic E-state index is 13.3. The lowest BCUT2D eigenvalue weighted by Crippen LogP contribution is -2.34. The number of ether oxygens (including phenoxy) is 14. The number of carbonyl (C=O) groups excluding carboxylic acids is 14. The normalized spacial score (nSPS) is 12.9. The van der Waals surface area contributed by atoms with Gasteiger partial charge in [0.15, 0.2) is 0 Å². The second-order valence-corrected chi connectivity index (χ2v) is 31.6. The molecule has 0 aromatic heterocycles. The van der Waals surface area contributed by atoms with E-state index in [-0.39, 0.29) is 207 Å². The van der Waals surface area contributed by atoms with Gasteiger partial charge in [-0.25, -0.2) is 9.59 Å². The van der Waals surface area contributed by atoms with E-state index in [0.717, 1.165) is 77.5 Å². The number of amides is 10. The minimum atomic E-state index is -0.737. The maximum Gasteiger partial charge on any atom is 0.407 e. The molecule has 0 aromatic carbocycles. The van der Waals surface area contributed by atoms with Crippen molar-refractivity contribution in [2.24, 2.45) is 58.4 Å². The van der Waals surface area contributed by atoms with Crippen molar-refractivity contribution in [2.45, 2.75) is 245 Å². The Bertz CT molecular complexity index is 2850. The molecule has 0 radical (unpaired) electrons. The molecular formula is C88H164N12O28. The number of unbranched alkanes of at least 4 members (excludes halogenated alkanes) is 6. The zero-order chi connectivity index (χ0) is 95.3. The highest BCUT2D eigenvalue weighted by Crippen LogP contribution is 2.20. The summed E-state index contributed by atoms with van der Waals surface area (Å²) in [4.78, 5) is 172. The molecule has 0 aliphatic rings. The van der Waals surface area contributed by atoms with E-state index in [4.69, 9.17) is 89.3 Å². The summed E-state index contributed by atoms with van der Waals surface area (Å²) in [6, 6.07) is 0. The molecule has 0 bridgehead atoms. The molecule has 6 unspecified atom stereocenters. The summed E-state index contributed by atoms with van der Waals surface area (Å²) in [5, 5.41) is 23.5. The first-order valence-corrected chi connectivity index (χ1v) is 46.1. The lowest BCUT2D eigenvalue weighted by molar-refractivity contribution is -0.151. The van der Waals surface area contributed by atoms with Crippen molar-refractivity contribution in [1.29, 1.82) is 0 Å². The number of rotatable bonds is 88. The molecule has 0 rings (SSSR count).